The van der Waals surface area contributed by atoms with Crippen LogP contribution < -0.4 is 5.73 Å². The molecular weight excluding hydrogens is 198 g/mol. The number of hydrogen-bond donors (Lipinski definition) is 2. The lowest BCUT2D eigenvalue weighted by Gasteiger charge is -2.13. The lowest BCUT2D eigenvalue weighted by molar-refractivity contribution is 0.455. The molecule has 2 nitrogen and oxygen atoms in total. The summed E-state index contributed by atoms with van der Waals surface area (Å²) in [6, 6.07) is 5.07. The summed E-state index contributed by atoms with van der Waals surface area (Å²) < 4.78 is 0. The zero-order valence-corrected chi connectivity index (χ0v) is 8.67. The summed E-state index contributed by atoms with van der Waals surface area (Å²) in [5.74, 6) is 0.978. The summed E-state index contributed by atoms with van der Waals surface area (Å²) in [6.07, 6.45) is 3.53. The molecule has 1 fully saturated rings. The molecule has 76 valence electrons. The molecule has 0 heterocycles. The third-order valence-corrected chi connectivity index (χ3v) is 2.91. The molecule has 1 aliphatic carbocycles. The van der Waals surface area contributed by atoms with E-state index in [0.29, 0.717) is 5.02 Å². The average molecular weight is 212 g/mol. The number of hydrogen-bond acceptors (Lipinski definition) is 2. The summed E-state index contributed by atoms with van der Waals surface area (Å²) in [6.45, 7) is 0. The topological polar surface area (TPSA) is 46.2 Å². The Kier molecular flexibility index (Phi) is 2.66. The van der Waals surface area contributed by atoms with E-state index in [1.165, 1.54) is 12.8 Å². The van der Waals surface area contributed by atoms with Gasteiger partial charge in [-0.3, -0.25) is 0 Å². The second-order valence-electron chi connectivity index (χ2n) is 3.99. The Labute approximate surface area is 88.7 Å². The Morgan fingerprint density at radius 2 is 2.21 bits per heavy atom. The predicted molar refractivity (Wildman–Crippen MR) is 57.4 cm³/mol. The third kappa shape index (κ3) is 2.20. The van der Waals surface area contributed by atoms with Crippen LogP contribution in [0.2, 0.25) is 5.02 Å². The Balaban J connectivity index is 2.13. The quantitative estimate of drug-likeness (QED) is 0.808. The van der Waals surface area contributed by atoms with Crippen LogP contribution in [-0.2, 0) is 0 Å². The first-order valence-electron chi connectivity index (χ1n) is 4.91. The van der Waals surface area contributed by atoms with E-state index in [2.05, 4.69) is 0 Å². The molecule has 0 amide bonds. The smallest absolute Gasteiger partial charge is 0.121 e. The van der Waals surface area contributed by atoms with Crippen molar-refractivity contribution in [3.8, 4) is 5.75 Å². The largest absolute Gasteiger partial charge is 0.508 e. The molecule has 0 aromatic heterocycles. The van der Waals surface area contributed by atoms with E-state index in [-0.39, 0.29) is 11.8 Å². The monoisotopic (exact) mass is 211 g/mol. The number of rotatable bonds is 3. The van der Waals surface area contributed by atoms with Gasteiger partial charge in [-0.2, -0.15) is 0 Å². The molecule has 2 rings (SSSR count). The summed E-state index contributed by atoms with van der Waals surface area (Å²) >= 11 is 5.74. The van der Waals surface area contributed by atoms with Crippen molar-refractivity contribution in [1.82, 2.24) is 0 Å². The molecule has 0 aliphatic heterocycles. The highest BCUT2D eigenvalue weighted by Gasteiger charge is 2.25. The molecule has 1 atom stereocenters. The van der Waals surface area contributed by atoms with Crippen LogP contribution in [-0.4, -0.2) is 5.11 Å². The minimum atomic E-state index is -0.0558. The molecule has 1 unspecified atom stereocenters. The van der Waals surface area contributed by atoms with E-state index >= 15 is 0 Å². The van der Waals surface area contributed by atoms with Gasteiger partial charge in [0, 0.05) is 16.6 Å². The van der Waals surface area contributed by atoms with Crippen LogP contribution in [0.25, 0.3) is 0 Å². The van der Waals surface area contributed by atoms with E-state index in [9.17, 15) is 5.11 Å². The highest BCUT2D eigenvalue weighted by atomic mass is 35.5. The number of phenols is 1. The first-order valence-corrected chi connectivity index (χ1v) is 5.28. The molecule has 3 N–H and O–H groups in total. The van der Waals surface area contributed by atoms with Gasteiger partial charge in [-0.25, -0.2) is 0 Å². The zero-order chi connectivity index (χ0) is 10.1. The van der Waals surface area contributed by atoms with E-state index in [4.69, 9.17) is 17.3 Å². The van der Waals surface area contributed by atoms with Crippen LogP contribution in [0.5, 0.6) is 5.75 Å². The number of halogens is 1. The molecule has 1 aliphatic rings. The fourth-order valence-electron chi connectivity index (χ4n) is 1.67. The molecule has 0 spiro atoms. The first-order chi connectivity index (χ1) is 6.66. The van der Waals surface area contributed by atoms with Crippen LogP contribution in [0.3, 0.4) is 0 Å². The highest BCUT2D eigenvalue weighted by Crippen LogP contribution is 2.38. The van der Waals surface area contributed by atoms with E-state index in [0.717, 1.165) is 17.9 Å². The van der Waals surface area contributed by atoms with Crippen LogP contribution >= 0.6 is 11.6 Å². The molecule has 0 bridgehead atoms. The molecule has 14 heavy (non-hydrogen) atoms. The number of nitrogens with two attached hydrogens (primary N) is 1. The summed E-state index contributed by atoms with van der Waals surface area (Å²) in [5.41, 5.74) is 6.79. The molecule has 1 aromatic carbocycles. The lowest BCUT2D eigenvalue weighted by atomic mass is 10.0. The van der Waals surface area contributed by atoms with Crippen molar-refractivity contribution in [2.75, 3.05) is 0 Å². The van der Waals surface area contributed by atoms with Crippen LogP contribution in [0.4, 0.5) is 0 Å². The Morgan fingerprint density at radius 3 is 2.79 bits per heavy atom. The fourth-order valence-corrected chi connectivity index (χ4v) is 1.84. The van der Waals surface area contributed by atoms with E-state index in [1.54, 1.807) is 12.1 Å². The average Bonchev–Trinajstić information content (AvgIpc) is 2.87. The van der Waals surface area contributed by atoms with Gasteiger partial charge in [-0.15, -0.1) is 0 Å². The minimum absolute atomic E-state index is 0.0558. The van der Waals surface area contributed by atoms with Crippen molar-refractivity contribution in [3.63, 3.8) is 0 Å². The van der Waals surface area contributed by atoms with Gasteiger partial charge < -0.3 is 10.8 Å². The van der Waals surface area contributed by atoms with Crippen molar-refractivity contribution < 1.29 is 5.11 Å². The van der Waals surface area contributed by atoms with Crippen LogP contribution in [0, 0.1) is 5.92 Å². The van der Waals surface area contributed by atoms with Gasteiger partial charge in [0.2, 0.25) is 0 Å². The maximum atomic E-state index is 9.63. The Hall–Kier alpha value is -0.730. The maximum absolute atomic E-state index is 9.63. The summed E-state index contributed by atoms with van der Waals surface area (Å²) in [4.78, 5) is 0. The number of phenolic OH excluding ortho intramolecular Hbond substituents is 1. The Bertz CT molecular complexity index is 336. The van der Waals surface area contributed by atoms with E-state index < -0.39 is 0 Å². The normalized spacial score (nSPS) is 18.1. The Morgan fingerprint density at radius 1 is 1.50 bits per heavy atom. The van der Waals surface area contributed by atoms with Crippen molar-refractivity contribution in [3.05, 3.63) is 28.8 Å². The van der Waals surface area contributed by atoms with Crippen molar-refractivity contribution in [1.29, 1.82) is 0 Å². The molecule has 0 radical (unpaired) electrons. The second kappa shape index (κ2) is 3.79. The van der Waals surface area contributed by atoms with Gasteiger partial charge in [-0.1, -0.05) is 30.5 Å². The van der Waals surface area contributed by atoms with Crippen molar-refractivity contribution >= 4 is 11.6 Å². The zero-order valence-electron chi connectivity index (χ0n) is 7.91. The minimum Gasteiger partial charge on any atom is -0.508 e. The van der Waals surface area contributed by atoms with Crippen LogP contribution in [0.15, 0.2) is 18.2 Å². The van der Waals surface area contributed by atoms with E-state index in [1.807, 2.05) is 6.07 Å². The fraction of sp³-hybridized carbons (Fsp3) is 0.455. The number of aromatic hydroxyl groups is 1. The van der Waals surface area contributed by atoms with Gasteiger partial charge >= 0.3 is 0 Å². The predicted octanol–water partition coefficient (Wildman–Crippen LogP) is 2.85. The lowest BCUT2D eigenvalue weighted by Crippen LogP contribution is -2.11. The number of benzene rings is 1. The van der Waals surface area contributed by atoms with Gasteiger partial charge in [0.25, 0.3) is 0 Å². The third-order valence-electron chi connectivity index (χ3n) is 2.68. The summed E-state index contributed by atoms with van der Waals surface area (Å²) in [7, 11) is 0. The molecule has 1 aromatic rings. The van der Waals surface area contributed by atoms with Crippen LogP contribution in [0.1, 0.15) is 30.9 Å². The molecular formula is C11H14ClNO. The van der Waals surface area contributed by atoms with Gasteiger partial charge in [0.1, 0.15) is 5.75 Å². The summed E-state index contributed by atoms with van der Waals surface area (Å²) in [5, 5.41) is 10.2. The molecule has 0 saturated heterocycles. The standard InChI is InChI=1S/C11H14ClNO/c12-8-3-4-9(11(14)6-8)10(13)5-7-1-2-7/h3-4,6-7,10,14H,1-2,5,13H2. The van der Waals surface area contributed by atoms with Gasteiger partial charge in [0.05, 0.1) is 0 Å². The van der Waals surface area contributed by atoms with Gasteiger partial charge in [0.15, 0.2) is 0 Å². The highest BCUT2D eigenvalue weighted by molar-refractivity contribution is 6.30. The second-order valence-corrected chi connectivity index (χ2v) is 4.43. The SMILES string of the molecule is NC(CC1CC1)c1ccc(Cl)cc1O. The van der Waals surface area contributed by atoms with Crippen molar-refractivity contribution in [2.24, 2.45) is 11.7 Å². The first kappa shape index (κ1) is 9.81. The maximum Gasteiger partial charge on any atom is 0.121 e. The van der Waals surface area contributed by atoms with Gasteiger partial charge in [-0.05, 0) is 24.5 Å². The van der Waals surface area contributed by atoms with Crippen molar-refractivity contribution in [2.45, 2.75) is 25.3 Å². The molecule has 1 saturated carbocycles. The molecule has 3 heteroatoms.